The fraction of sp³-hybridized carbons (Fsp3) is 0.625. The lowest BCUT2D eigenvalue weighted by atomic mass is 9.90. The van der Waals surface area contributed by atoms with Crippen molar-refractivity contribution in [1.82, 2.24) is 5.32 Å². The maximum atomic E-state index is 5.86. The molecule has 98 valence electrons. The first kappa shape index (κ1) is 12.0. The molecule has 1 aromatic rings. The minimum absolute atomic E-state index is 0.380. The molecule has 1 saturated heterocycles. The minimum Gasteiger partial charge on any atom is -0.490 e. The van der Waals surface area contributed by atoms with Crippen LogP contribution in [0.25, 0.3) is 0 Å². The highest BCUT2D eigenvalue weighted by atomic mass is 16.5. The van der Waals surface area contributed by atoms with Crippen LogP contribution >= 0.6 is 0 Å². The Hall–Kier alpha value is -1.02. The smallest absolute Gasteiger partial charge is 0.122 e. The third-order valence-corrected chi connectivity index (χ3v) is 4.20. The van der Waals surface area contributed by atoms with Crippen LogP contribution in [0.3, 0.4) is 0 Å². The summed E-state index contributed by atoms with van der Waals surface area (Å²) in [5, 5.41) is 3.50. The fourth-order valence-corrected chi connectivity index (χ4v) is 3.14. The third-order valence-electron chi connectivity index (χ3n) is 4.20. The molecule has 3 rings (SSSR count). The third kappa shape index (κ3) is 2.69. The second kappa shape index (κ2) is 5.31. The summed E-state index contributed by atoms with van der Waals surface area (Å²) in [6.45, 7) is 4.54. The molecule has 2 aliphatic heterocycles. The van der Waals surface area contributed by atoms with Gasteiger partial charge < -0.3 is 10.1 Å². The molecule has 0 aromatic heterocycles. The number of rotatable bonds is 2. The van der Waals surface area contributed by atoms with E-state index < -0.39 is 0 Å². The molecule has 2 atom stereocenters. The first-order valence-electron chi connectivity index (χ1n) is 7.30. The number of benzene rings is 1. The van der Waals surface area contributed by atoms with Crippen molar-refractivity contribution in [3.63, 3.8) is 0 Å². The molecule has 2 heterocycles. The molecule has 2 nitrogen and oxygen atoms in total. The number of aryl methyl sites for hydroxylation is 1. The minimum atomic E-state index is 0.380. The maximum Gasteiger partial charge on any atom is 0.122 e. The van der Waals surface area contributed by atoms with E-state index in [9.17, 15) is 0 Å². The van der Waals surface area contributed by atoms with E-state index in [1.165, 1.54) is 49.9 Å². The summed E-state index contributed by atoms with van der Waals surface area (Å²) >= 11 is 0. The zero-order valence-electron chi connectivity index (χ0n) is 11.2. The van der Waals surface area contributed by atoms with Crippen molar-refractivity contribution in [1.29, 1.82) is 0 Å². The van der Waals surface area contributed by atoms with Gasteiger partial charge in [-0.05, 0) is 75.2 Å². The molecule has 1 aromatic carbocycles. The van der Waals surface area contributed by atoms with E-state index in [0.29, 0.717) is 6.10 Å². The van der Waals surface area contributed by atoms with Gasteiger partial charge in [0.25, 0.3) is 0 Å². The summed E-state index contributed by atoms with van der Waals surface area (Å²) in [5.74, 6) is 1.93. The first-order chi connectivity index (χ1) is 8.81. The van der Waals surface area contributed by atoms with Gasteiger partial charge in [-0.25, -0.2) is 0 Å². The topological polar surface area (TPSA) is 21.3 Å². The SMILES string of the molecule is CC1CCc2cc(CC3CCCNC3)ccc2O1. The van der Waals surface area contributed by atoms with Gasteiger partial charge in [-0.2, -0.15) is 0 Å². The molecule has 0 saturated carbocycles. The van der Waals surface area contributed by atoms with Gasteiger partial charge in [0.15, 0.2) is 0 Å². The van der Waals surface area contributed by atoms with Crippen LogP contribution in [-0.4, -0.2) is 19.2 Å². The van der Waals surface area contributed by atoms with Gasteiger partial charge in [-0.15, -0.1) is 0 Å². The Morgan fingerprint density at radius 2 is 2.28 bits per heavy atom. The Bertz CT molecular complexity index is 410. The summed E-state index contributed by atoms with van der Waals surface area (Å²) < 4.78 is 5.86. The molecular weight excluding hydrogens is 222 g/mol. The number of piperidine rings is 1. The van der Waals surface area contributed by atoms with Gasteiger partial charge in [-0.3, -0.25) is 0 Å². The number of hydrogen-bond acceptors (Lipinski definition) is 2. The maximum absolute atomic E-state index is 5.86. The van der Waals surface area contributed by atoms with Crippen LogP contribution in [0.2, 0.25) is 0 Å². The summed E-state index contributed by atoms with van der Waals surface area (Å²) in [6.07, 6.45) is 6.63. The van der Waals surface area contributed by atoms with Crippen molar-refractivity contribution in [3.05, 3.63) is 29.3 Å². The van der Waals surface area contributed by atoms with Crippen molar-refractivity contribution < 1.29 is 4.74 Å². The van der Waals surface area contributed by atoms with Crippen molar-refractivity contribution >= 4 is 0 Å². The van der Waals surface area contributed by atoms with Gasteiger partial charge in [0.05, 0.1) is 6.10 Å². The second-order valence-electron chi connectivity index (χ2n) is 5.83. The number of ether oxygens (including phenoxy) is 1. The molecule has 0 spiro atoms. The Labute approximate surface area is 110 Å². The second-order valence-corrected chi connectivity index (χ2v) is 5.83. The average molecular weight is 245 g/mol. The molecular formula is C16H23NO. The van der Waals surface area contributed by atoms with E-state index in [-0.39, 0.29) is 0 Å². The predicted octanol–water partition coefficient (Wildman–Crippen LogP) is 2.94. The quantitative estimate of drug-likeness (QED) is 0.865. The van der Waals surface area contributed by atoms with Crippen LogP contribution in [0.1, 0.15) is 37.3 Å². The molecule has 0 amide bonds. The van der Waals surface area contributed by atoms with E-state index in [2.05, 4.69) is 30.4 Å². The van der Waals surface area contributed by atoms with Gasteiger partial charge in [0, 0.05) is 0 Å². The largest absolute Gasteiger partial charge is 0.490 e. The molecule has 1 fully saturated rings. The first-order valence-corrected chi connectivity index (χ1v) is 7.30. The standard InChI is InChI=1S/C16H23NO/c1-12-4-6-15-10-13(5-7-16(15)18-12)9-14-3-2-8-17-11-14/h5,7,10,12,14,17H,2-4,6,8-9,11H2,1H3. The lowest BCUT2D eigenvalue weighted by Crippen LogP contribution is -2.30. The molecule has 0 aliphatic carbocycles. The highest BCUT2D eigenvalue weighted by Crippen LogP contribution is 2.29. The van der Waals surface area contributed by atoms with E-state index in [1.54, 1.807) is 0 Å². The van der Waals surface area contributed by atoms with E-state index >= 15 is 0 Å². The Kier molecular flexibility index (Phi) is 3.55. The lowest BCUT2D eigenvalue weighted by molar-refractivity contribution is 0.192. The molecule has 2 aliphatic rings. The highest BCUT2D eigenvalue weighted by Gasteiger charge is 2.18. The van der Waals surface area contributed by atoms with Crippen LogP contribution in [0.5, 0.6) is 5.75 Å². The van der Waals surface area contributed by atoms with Crippen molar-refractivity contribution in [3.8, 4) is 5.75 Å². The Morgan fingerprint density at radius 1 is 1.33 bits per heavy atom. The van der Waals surface area contributed by atoms with Gasteiger partial charge in [0.1, 0.15) is 5.75 Å². The van der Waals surface area contributed by atoms with Gasteiger partial charge in [-0.1, -0.05) is 12.1 Å². The van der Waals surface area contributed by atoms with Gasteiger partial charge in [0.2, 0.25) is 0 Å². The summed E-state index contributed by atoms with van der Waals surface area (Å²) in [6, 6.07) is 6.80. The number of nitrogens with one attached hydrogen (secondary N) is 1. The van der Waals surface area contributed by atoms with E-state index in [0.717, 1.165) is 18.1 Å². The lowest BCUT2D eigenvalue weighted by Gasteiger charge is -2.25. The van der Waals surface area contributed by atoms with E-state index in [4.69, 9.17) is 4.74 Å². The van der Waals surface area contributed by atoms with Crippen molar-refractivity contribution in [2.24, 2.45) is 5.92 Å². The zero-order chi connectivity index (χ0) is 12.4. The Morgan fingerprint density at radius 3 is 3.11 bits per heavy atom. The molecule has 1 N–H and O–H groups in total. The van der Waals surface area contributed by atoms with Crippen LogP contribution < -0.4 is 10.1 Å². The predicted molar refractivity (Wildman–Crippen MR) is 74.2 cm³/mol. The van der Waals surface area contributed by atoms with Crippen LogP contribution in [0.15, 0.2) is 18.2 Å². The van der Waals surface area contributed by atoms with Crippen LogP contribution in [0.4, 0.5) is 0 Å². The van der Waals surface area contributed by atoms with Gasteiger partial charge >= 0.3 is 0 Å². The monoisotopic (exact) mass is 245 g/mol. The normalized spacial score (nSPS) is 27.4. The van der Waals surface area contributed by atoms with E-state index in [1.807, 2.05) is 0 Å². The average Bonchev–Trinajstić information content (AvgIpc) is 2.40. The van der Waals surface area contributed by atoms with Crippen molar-refractivity contribution in [2.45, 2.75) is 45.1 Å². The molecule has 2 heteroatoms. The summed E-state index contributed by atoms with van der Waals surface area (Å²) in [4.78, 5) is 0. The zero-order valence-corrected chi connectivity index (χ0v) is 11.2. The molecule has 0 radical (unpaired) electrons. The summed E-state index contributed by atoms with van der Waals surface area (Å²) in [7, 11) is 0. The number of hydrogen-bond donors (Lipinski definition) is 1. The highest BCUT2D eigenvalue weighted by molar-refractivity contribution is 5.39. The molecule has 2 unspecified atom stereocenters. The summed E-state index contributed by atoms with van der Waals surface area (Å²) in [5.41, 5.74) is 2.90. The fourth-order valence-electron chi connectivity index (χ4n) is 3.14. The molecule has 18 heavy (non-hydrogen) atoms. The van der Waals surface area contributed by atoms with Crippen LogP contribution in [-0.2, 0) is 12.8 Å². The Balaban J connectivity index is 1.69. The van der Waals surface area contributed by atoms with Crippen LogP contribution in [0, 0.1) is 5.92 Å². The van der Waals surface area contributed by atoms with Crippen molar-refractivity contribution in [2.75, 3.05) is 13.1 Å². The number of fused-ring (bicyclic) bond motifs is 1. The molecule has 0 bridgehead atoms.